The first kappa shape index (κ1) is 14.6. The average Bonchev–Trinajstić information content (AvgIpc) is 2.85. The second kappa shape index (κ2) is 7.10. The number of aryl methyl sites for hydroxylation is 1. The normalized spacial score (nSPS) is 12.3. The summed E-state index contributed by atoms with van der Waals surface area (Å²) in [4.78, 5) is 0. The van der Waals surface area contributed by atoms with E-state index in [0.717, 1.165) is 30.8 Å². The number of ether oxygens (including phenoxy) is 1. The Morgan fingerprint density at radius 3 is 2.70 bits per heavy atom. The number of para-hydroxylation sites is 1. The van der Waals surface area contributed by atoms with Gasteiger partial charge in [-0.3, -0.25) is 4.68 Å². The molecule has 1 aromatic heterocycles. The molecule has 20 heavy (non-hydrogen) atoms. The molecule has 2 aromatic rings. The van der Waals surface area contributed by atoms with Gasteiger partial charge in [0, 0.05) is 13.2 Å². The fourth-order valence-electron chi connectivity index (χ4n) is 2.56. The third-order valence-electron chi connectivity index (χ3n) is 3.46. The smallest absolute Gasteiger partial charge is 0.122 e. The van der Waals surface area contributed by atoms with Gasteiger partial charge >= 0.3 is 0 Å². The fraction of sp³-hybridized carbons (Fsp3) is 0.438. The second-order valence-electron chi connectivity index (χ2n) is 5.12. The Morgan fingerprint density at radius 2 is 2.05 bits per heavy atom. The predicted octanol–water partition coefficient (Wildman–Crippen LogP) is 2.05. The van der Waals surface area contributed by atoms with Crippen LogP contribution in [0, 0.1) is 5.92 Å². The highest BCUT2D eigenvalue weighted by molar-refractivity contribution is 5.33. The van der Waals surface area contributed by atoms with Crippen molar-refractivity contribution >= 4 is 0 Å². The van der Waals surface area contributed by atoms with Gasteiger partial charge in [0.15, 0.2) is 0 Å². The molecule has 0 aliphatic rings. The summed E-state index contributed by atoms with van der Waals surface area (Å²) < 4.78 is 7.29. The molecule has 0 aliphatic carbocycles. The molecule has 1 N–H and O–H groups in total. The summed E-state index contributed by atoms with van der Waals surface area (Å²) in [5.74, 6) is 1.47. The average molecular weight is 273 g/mol. The van der Waals surface area contributed by atoms with Crippen LogP contribution in [-0.4, -0.2) is 30.5 Å². The molecule has 0 spiro atoms. The van der Waals surface area contributed by atoms with Crippen LogP contribution in [0.1, 0.15) is 11.3 Å². The van der Waals surface area contributed by atoms with Gasteiger partial charge in [-0.25, -0.2) is 0 Å². The molecule has 0 amide bonds. The summed E-state index contributed by atoms with van der Waals surface area (Å²) in [6.07, 6.45) is 3.95. The van der Waals surface area contributed by atoms with Crippen molar-refractivity contribution in [1.29, 1.82) is 0 Å². The standard InChI is InChI=1S/C16H23N3O/c1-17-12-13(11-15-8-9-19(2)18-15)10-14-6-4-5-7-16(14)20-3/h4-9,13,17H,10-12H2,1-3H3. The van der Waals surface area contributed by atoms with Gasteiger partial charge in [0.25, 0.3) is 0 Å². The lowest BCUT2D eigenvalue weighted by Crippen LogP contribution is -2.23. The minimum Gasteiger partial charge on any atom is -0.496 e. The Labute approximate surface area is 120 Å². The zero-order valence-electron chi connectivity index (χ0n) is 12.5. The van der Waals surface area contributed by atoms with E-state index in [2.05, 4.69) is 28.6 Å². The molecule has 4 nitrogen and oxygen atoms in total. The Morgan fingerprint density at radius 1 is 1.25 bits per heavy atom. The topological polar surface area (TPSA) is 39.1 Å². The lowest BCUT2D eigenvalue weighted by Gasteiger charge is -2.17. The Kier molecular flexibility index (Phi) is 5.18. The number of hydrogen-bond acceptors (Lipinski definition) is 3. The molecule has 1 heterocycles. The highest BCUT2D eigenvalue weighted by Gasteiger charge is 2.14. The molecule has 0 saturated heterocycles. The number of hydrogen-bond donors (Lipinski definition) is 1. The summed E-state index contributed by atoms with van der Waals surface area (Å²) in [7, 11) is 5.68. The van der Waals surface area contributed by atoms with Crippen LogP contribution in [0.5, 0.6) is 5.75 Å². The van der Waals surface area contributed by atoms with Crippen LogP contribution >= 0.6 is 0 Å². The SMILES string of the molecule is CNCC(Cc1ccn(C)n1)Cc1ccccc1OC. The van der Waals surface area contributed by atoms with Gasteiger partial charge in [-0.1, -0.05) is 18.2 Å². The molecule has 4 heteroatoms. The van der Waals surface area contributed by atoms with Crippen molar-refractivity contribution in [1.82, 2.24) is 15.1 Å². The first-order valence-electron chi connectivity index (χ1n) is 6.98. The first-order chi connectivity index (χ1) is 9.72. The number of nitrogens with zero attached hydrogens (tertiary/aromatic N) is 2. The lowest BCUT2D eigenvalue weighted by atomic mass is 9.94. The third-order valence-corrected chi connectivity index (χ3v) is 3.46. The minimum atomic E-state index is 0.506. The number of rotatable bonds is 7. The molecule has 0 saturated carbocycles. The first-order valence-corrected chi connectivity index (χ1v) is 6.98. The molecule has 1 unspecified atom stereocenters. The summed E-state index contributed by atoms with van der Waals surface area (Å²) in [5, 5.41) is 7.75. The van der Waals surface area contributed by atoms with Crippen molar-refractivity contribution in [2.24, 2.45) is 13.0 Å². The number of nitrogens with one attached hydrogen (secondary N) is 1. The molecule has 0 fully saturated rings. The molecular weight excluding hydrogens is 250 g/mol. The van der Waals surface area contributed by atoms with Crippen molar-refractivity contribution in [3.63, 3.8) is 0 Å². The van der Waals surface area contributed by atoms with E-state index in [4.69, 9.17) is 4.74 Å². The molecule has 1 atom stereocenters. The number of aromatic nitrogens is 2. The second-order valence-corrected chi connectivity index (χ2v) is 5.12. The summed E-state index contributed by atoms with van der Waals surface area (Å²) in [6, 6.07) is 10.3. The van der Waals surface area contributed by atoms with Crippen LogP contribution in [0.2, 0.25) is 0 Å². The van der Waals surface area contributed by atoms with E-state index in [9.17, 15) is 0 Å². The van der Waals surface area contributed by atoms with Crippen LogP contribution in [0.25, 0.3) is 0 Å². The molecular formula is C16H23N3O. The molecule has 0 bridgehead atoms. The molecule has 108 valence electrons. The zero-order chi connectivity index (χ0) is 14.4. The Bertz CT molecular complexity index is 536. The van der Waals surface area contributed by atoms with E-state index in [1.165, 1.54) is 5.56 Å². The molecule has 2 rings (SSSR count). The fourth-order valence-corrected chi connectivity index (χ4v) is 2.56. The van der Waals surface area contributed by atoms with Crippen molar-refractivity contribution < 1.29 is 4.74 Å². The molecule has 0 radical (unpaired) electrons. The largest absolute Gasteiger partial charge is 0.496 e. The van der Waals surface area contributed by atoms with Crippen molar-refractivity contribution in [2.45, 2.75) is 12.8 Å². The van der Waals surface area contributed by atoms with Crippen LogP contribution in [0.4, 0.5) is 0 Å². The van der Waals surface area contributed by atoms with Crippen molar-refractivity contribution in [3.8, 4) is 5.75 Å². The maximum atomic E-state index is 5.44. The number of benzene rings is 1. The van der Waals surface area contributed by atoms with E-state index < -0.39 is 0 Å². The minimum absolute atomic E-state index is 0.506. The highest BCUT2D eigenvalue weighted by atomic mass is 16.5. The van der Waals surface area contributed by atoms with Crippen LogP contribution in [0.3, 0.4) is 0 Å². The van der Waals surface area contributed by atoms with E-state index in [1.807, 2.05) is 37.1 Å². The zero-order valence-corrected chi connectivity index (χ0v) is 12.5. The van der Waals surface area contributed by atoms with E-state index in [1.54, 1.807) is 7.11 Å². The Hall–Kier alpha value is -1.81. The van der Waals surface area contributed by atoms with Crippen molar-refractivity contribution in [3.05, 3.63) is 47.8 Å². The molecule has 0 aliphatic heterocycles. The van der Waals surface area contributed by atoms with Gasteiger partial charge in [0.05, 0.1) is 12.8 Å². The van der Waals surface area contributed by atoms with E-state index in [-0.39, 0.29) is 0 Å². The quantitative estimate of drug-likeness (QED) is 0.839. The van der Waals surface area contributed by atoms with Gasteiger partial charge in [0.1, 0.15) is 5.75 Å². The summed E-state index contributed by atoms with van der Waals surface area (Å²) in [6.45, 7) is 0.967. The maximum absolute atomic E-state index is 5.44. The molecule has 1 aromatic carbocycles. The predicted molar refractivity (Wildman–Crippen MR) is 81.0 cm³/mol. The highest BCUT2D eigenvalue weighted by Crippen LogP contribution is 2.22. The van der Waals surface area contributed by atoms with Crippen molar-refractivity contribution in [2.75, 3.05) is 20.7 Å². The number of methoxy groups -OCH3 is 1. The van der Waals surface area contributed by atoms with E-state index in [0.29, 0.717) is 5.92 Å². The van der Waals surface area contributed by atoms with Gasteiger partial charge in [-0.2, -0.15) is 5.10 Å². The lowest BCUT2D eigenvalue weighted by molar-refractivity contribution is 0.401. The maximum Gasteiger partial charge on any atom is 0.122 e. The van der Waals surface area contributed by atoms with Gasteiger partial charge in [-0.15, -0.1) is 0 Å². The van der Waals surface area contributed by atoms with Gasteiger partial charge in [-0.05, 0) is 50.0 Å². The van der Waals surface area contributed by atoms with Crippen LogP contribution < -0.4 is 10.1 Å². The summed E-state index contributed by atoms with van der Waals surface area (Å²) >= 11 is 0. The van der Waals surface area contributed by atoms with Gasteiger partial charge in [0.2, 0.25) is 0 Å². The monoisotopic (exact) mass is 273 g/mol. The Balaban J connectivity index is 2.08. The third kappa shape index (κ3) is 3.84. The summed E-state index contributed by atoms with van der Waals surface area (Å²) in [5.41, 5.74) is 2.40. The van der Waals surface area contributed by atoms with Crippen LogP contribution in [0.15, 0.2) is 36.5 Å². The van der Waals surface area contributed by atoms with Gasteiger partial charge < -0.3 is 10.1 Å². The van der Waals surface area contributed by atoms with E-state index >= 15 is 0 Å². The van der Waals surface area contributed by atoms with Crippen LogP contribution in [-0.2, 0) is 19.9 Å².